The largest absolute Gasteiger partial charge is 0.394 e. The zero-order valence-electron chi connectivity index (χ0n) is 26.7. The van der Waals surface area contributed by atoms with E-state index in [-0.39, 0.29) is 25.1 Å². The second kappa shape index (κ2) is 15.1. The first-order valence-corrected chi connectivity index (χ1v) is 17.9. The van der Waals surface area contributed by atoms with E-state index in [4.69, 9.17) is 0 Å². The fraction of sp³-hybridized carbons (Fsp3) is 0.697. The lowest BCUT2D eigenvalue weighted by atomic mass is 9.89. The van der Waals surface area contributed by atoms with Crippen molar-refractivity contribution < 1.29 is 28.2 Å². The van der Waals surface area contributed by atoms with E-state index in [0.29, 0.717) is 18.4 Å². The van der Waals surface area contributed by atoms with Crippen molar-refractivity contribution in [1.29, 1.82) is 0 Å². The molecular weight excluding hydrogens is 580 g/mol. The van der Waals surface area contributed by atoms with Crippen LogP contribution >= 0.6 is 0 Å². The van der Waals surface area contributed by atoms with Crippen LogP contribution in [-0.2, 0) is 25.8 Å². The number of hydrogen-bond acceptors (Lipinski definition) is 8. The van der Waals surface area contributed by atoms with Crippen molar-refractivity contribution in [1.82, 2.24) is 20.2 Å². The number of aliphatic hydroxyl groups is 2. The Labute approximate surface area is 263 Å². The van der Waals surface area contributed by atoms with E-state index in [1.54, 1.807) is 20.8 Å². The summed E-state index contributed by atoms with van der Waals surface area (Å²) >= 11 is 0. The molecule has 2 atom stereocenters. The summed E-state index contributed by atoms with van der Waals surface area (Å²) in [6.45, 7) is 5.81. The molecule has 2 amide bonds. The second-order valence-corrected chi connectivity index (χ2v) is 16.6. The molecule has 2 aliphatic carbocycles. The predicted octanol–water partition coefficient (Wildman–Crippen LogP) is 3.21. The second-order valence-electron chi connectivity index (χ2n) is 13.8. The minimum Gasteiger partial charge on any atom is -0.394 e. The molecule has 0 spiro atoms. The molecule has 11 heteroatoms. The third-order valence-corrected chi connectivity index (χ3v) is 11.7. The van der Waals surface area contributed by atoms with Gasteiger partial charge in [0.05, 0.1) is 42.3 Å². The van der Waals surface area contributed by atoms with E-state index in [0.717, 1.165) is 42.3 Å². The molecule has 1 heterocycles. The van der Waals surface area contributed by atoms with Gasteiger partial charge in [0.15, 0.2) is 9.84 Å². The molecule has 1 aromatic rings. The van der Waals surface area contributed by atoms with Crippen LogP contribution in [0, 0.1) is 11.8 Å². The number of hydrogen-bond donors (Lipinski definition) is 3. The smallest absolute Gasteiger partial charge is 0.243 e. The fourth-order valence-electron chi connectivity index (χ4n) is 6.08. The van der Waals surface area contributed by atoms with Crippen molar-refractivity contribution in [2.75, 3.05) is 32.1 Å². The number of nitrogens with one attached hydrogen (secondary N) is 1. The van der Waals surface area contributed by atoms with Crippen LogP contribution in [0.3, 0.4) is 0 Å². The molecule has 4 rings (SSSR count). The van der Waals surface area contributed by atoms with Crippen LogP contribution in [0.25, 0.3) is 0 Å². The fourth-order valence-corrected chi connectivity index (χ4v) is 7.38. The van der Waals surface area contributed by atoms with Gasteiger partial charge in [0.25, 0.3) is 0 Å². The maximum atomic E-state index is 13.6. The molecule has 2 fully saturated rings. The summed E-state index contributed by atoms with van der Waals surface area (Å²) in [4.78, 5) is 32.0. The van der Waals surface area contributed by atoms with Gasteiger partial charge < -0.3 is 20.0 Å². The van der Waals surface area contributed by atoms with Gasteiger partial charge in [-0.25, -0.2) is 8.42 Å². The number of sulfone groups is 1. The van der Waals surface area contributed by atoms with E-state index >= 15 is 0 Å². The standard InChI is InChI=1S/C33H52N4O6S/c1-33(2,3)44(42,43)23-27(18-25-10-6-4-7-11-25)32(41)34-37(21-30(39)22-38)31(40)17-16-29-20-35(24-36(29)28-14-15-28)19-26-12-8-5-9-13-26/h4,6-7,10-11,20,26-28,30,38-39H,5,8-9,12-19,21-24H2,1-3H3,(H,34,41)/t27-,30-/m1/s1. The van der Waals surface area contributed by atoms with Crippen LogP contribution in [0.4, 0.5) is 0 Å². The molecular formula is C33H52N4O6S. The molecule has 3 N–H and O–H groups in total. The highest BCUT2D eigenvalue weighted by Gasteiger charge is 2.37. The average Bonchev–Trinajstić information content (AvgIpc) is 3.75. The number of amides is 2. The summed E-state index contributed by atoms with van der Waals surface area (Å²) in [5, 5.41) is 20.8. The topological polar surface area (TPSA) is 130 Å². The normalized spacial score (nSPS) is 19.4. The molecule has 44 heavy (non-hydrogen) atoms. The van der Waals surface area contributed by atoms with Crippen molar-refractivity contribution in [2.24, 2.45) is 11.8 Å². The molecule has 0 saturated heterocycles. The summed E-state index contributed by atoms with van der Waals surface area (Å²) in [5.41, 5.74) is 4.54. The highest BCUT2D eigenvalue weighted by Crippen LogP contribution is 2.36. The van der Waals surface area contributed by atoms with E-state index in [9.17, 15) is 28.2 Å². The van der Waals surface area contributed by atoms with Gasteiger partial charge in [-0.2, -0.15) is 0 Å². The van der Waals surface area contributed by atoms with Gasteiger partial charge in [0, 0.05) is 30.9 Å². The van der Waals surface area contributed by atoms with E-state index in [2.05, 4.69) is 21.4 Å². The quantitative estimate of drug-likeness (QED) is 0.267. The highest BCUT2D eigenvalue weighted by atomic mass is 32.2. The Morgan fingerprint density at radius 1 is 1.07 bits per heavy atom. The number of carbonyl (C=O) groups is 2. The Bertz CT molecular complexity index is 1240. The third kappa shape index (κ3) is 9.68. The average molecular weight is 633 g/mol. The van der Waals surface area contributed by atoms with Crippen molar-refractivity contribution in [2.45, 2.75) is 102 Å². The lowest BCUT2D eigenvalue weighted by molar-refractivity contribution is -0.145. The molecule has 0 unspecified atom stereocenters. The summed E-state index contributed by atoms with van der Waals surface area (Å²) in [6, 6.07) is 9.68. The van der Waals surface area contributed by atoms with Gasteiger partial charge in [-0.05, 0) is 70.8 Å². The van der Waals surface area contributed by atoms with Gasteiger partial charge in [0.2, 0.25) is 11.8 Å². The number of benzene rings is 1. The lowest BCUT2D eigenvalue weighted by Gasteiger charge is -2.29. The number of nitrogens with zero attached hydrogens (tertiary/aromatic N) is 3. The first-order valence-electron chi connectivity index (χ1n) is 16.2. The third-order valence-electron chi connectivity index (χ3n) is 9.03. The summed E-state index contributed by atoms with van der Waals surface area (Å²) < 4.78 is 25.2. The maximum absolute atomic E-state index is 13.6. The van der Waals surface area contributed by atoms with Gasteiger partial charge in [-0.15, -0.1) is 0 Å². The van der Waals surface area contributed by atoms with Gasteiger partial charge >= 0.3 is 0 Å². The zero-order valence-corrected chi connectivity index (χ0v) is 27.5. The Hall–Kier alpha value is -2.63. The number of aliphatic hydroxyl groups excluding tert-OH is 2. The number of allylic oxidation sites excluding steroid dienone is 1. The van der Waals surface area contributed by atoms with Gasteiger partial charge in [0.1, 0.15) is 0 Å². The Morgan fingerprint density at radius 2 is 1.75 bits per heavy atom. The van der Waals surface area contributed by atoms with Crippen molar-refractivity contribution in [3.8, 4) is 0 Å². The molecule has 2 saturated carbocycles. The monoisotopic (exact) mass is 632 g/mol. The van der Waals surface area contributed by atoms with E-state index < -0.39 is 45.0 Å². The van der Waals surface area contributed by atoms with Crippen molar-refractivity contribution in [3.63, 3.8) is 0 Å². The number of hydrazine groups is 1. The van der Waals surface area contributed by atoms with Crippen molar-refractivity contribution in [3.05, 3.63) is 47.8 Å². The van der Waals surface area contributed by atoms with E-state index in [1.807, 2.05) is 30.3 Å². The first-order chi connectivity index (χ1) is 20.9. The summed E-state index contributed by atoms with van der Waals surface area (Å²) in [7, 11) is -3.66. The van der Waals surface area contributed by atoms with Gasteiger partial charge in [-0.1, -0.05) is 49.6 Å². The predicted molar refractivity (Wildman–Crippen MR) is 170 cm³/mol. The molecule has 0 bridgehead atoms. The Kier molecular flexibility index (Phi) is 11.8. The molecule has 1 aromatic carbocycles. The minimum absolute atomic E-state index is 0.106. The number of rotatable bonds is 14. The molecule has 10 nitrogen and oxygen atoms in total. The first kappa shape index (κ1) is 34.2. The summed E-state index contributed by atoms with van der Waals surface area (Å²) in [6.07, 6.45) is 10.5. The van der Waals surface area contributed by atoms with Crippen molar-refractivity contribution >= 4 is 21.7 Å². The van der Waals surface area contributed by atoms with Crippen LogP contribution in [0.15, 0.2) is 42.2 Å². The molecule has 3 aliphatic rings. The zero-order chi connectivity index (χ0) is 31.9. The van der Waals surface area contributed by atoms with Gasteiger partial charge in [-0.3, -0.25) is 20.0 Å². The molecule has 246 valence electrons. The lowest BCUT2D eigenvalue weighted by Crippen LogP contribution is -2.53. The van der Waals surface area contributed by atoms with Crippen LogP contribution in [0.5, 0.6) is 0 Å². The Morgan fingerprint density at radius 3 is 2.36 bits per heavy atom. The van der Waals surface area contributed by atoms with Crippen LogP contribution < -0.4 is 5.43 Å². The maximum Gasteiger partial charge on any atom is 0.243 e. The summed E-state index contributed by atoms with van der Waals surface area (Å²) in [5.74, 6) is -1.65. The van der Waals surface area contributed by atoms with Crippen LogP contribution in [-0.4, -0.2) is 94.3 Å². The van der Waals surface area contributed by atoms with Crippen LogP contribution in [0.1, 0.15) is 84.1 Å². The minimum atomic E-state index is -3.66. The highest BCUT2D eigenvalue weighted by molar-refractivity contribution is 7.92. The Balaban J connectivity index is 1.45. The van der Waals surface area contributed by atoms with E-state index in [1.165, 1.54) is 32.1 Å². The van der Waals surface area contributed by atoms with Crippen LogP contribution in [0.2, 0.25) is 0 Å². The molecule has 1 aliphatic heterocycles. The SMILES string of the molecule is CC(C)(C)S(=O)(=O)C[C@@H](Cc1ccccc1)C(=O)NN(C[C@@H](O)CO)C(=O)CCC1=CN(CC2CCCCC2)CN1C1CC1. The molecule has 0 aromatic heterocycles. The number of carbonyl (C=O) groups excluding carboxylic acids is 2. The molecule has 0 radical (unpaired) electrons.